The van der Waals surface area contributed by atoms with Gasteiger partial charge in [-0.1, -0.05) is 94.7 Å². The molecule has 0 heterocycles. The molecular formula is C27H47NO6P+. The van der Waals surface area contributed by atoms with Gasteiger partial charge >= 0.3 is 13.8 Å². The van der Waals surface area contributed by atoms with Crippen LogP contribution in [0.2, 0.25) is 0 Å². The van der Waals surface area contributed by atoms with E-state index in [1.807, 2.05) is 45.4 Å². The number of nitrogens with zero attached hydrogens (tertiary/aromatic N) is 1. The minimum atomic E-state index is -4.45. The van der Waals surface area contributed by atoms with Gasteiger partial charge in [-0.2, -0.15) is 0 Å². The van der Waals surface area contributed by atoms with E-state index in [0.717, 1.165) is 49.7 Å². The standard InChI is InChI=1S/C27H46NO6P/c1-5-24-18-20-25(21-19-24)23-33-27(29)17-15-13-11-9-7-6-8-10-12-14-16-26(22-28(2,3)4)34-35(30,31)32/h5,18-21,26H,1,6-17,22-23H2,2-4H3,(H-,30,31,32)/p+1. The Kier molecular flexibility index (Phi) is 15.4. The van der Waals surface area contributed by atoms with E-state index in [4.69, 9.17) is 19.0 Å². The number of phosphoric acid groups is 1. The molecule has 0 saturated carbocycles. The third kappa shape index (κ3) is 18.4. The Hall–Kier alpha value is -1.50. The zero-order chi connectivity index (χ0) is 26.2. The van der Waals surface area contributed by atoms with Crippen molar-refractivity contribution in [2.75, 3.05) is 27.7 Å². The van der Waals surface area contributed by atoms with Crippen LogP contribution in [-0.2, 0) is 25.2 Å². The summed E-state index contributed by atoms with van der Waals surface area (Å²) in [5.74, 6) is -0.132. The van der Waals surface area contributed by atoms with E-state index in [9.17, 15) is 9.36 Å². The van der Waals surface area contributed by atoms with E-state index in [-0.39, 0.29) is 5.97 Å². The highest BCUT2D eigenvalue weighted by Gasteiger charge is 2.26. The topological polar surface area (TPSA) is 93.1 Å². The normalized spacial score (nSPS) is 12.9. The summed E-state index contributed by atoms with van der Waals surface area (Å²) in [5.41, 5.74) is 2.04. The number of carbonyl (C=O) groups excluding carboxylic acids is 1. The second kappa shape index (κ2) is 17.0. The first kappa shape index (κ1) is 31.5. The van der Waals surface area contributed by atoms with Crippen molar-refractivity contribution in [3.8, 4) is 0 Å². The van der Waals surface area contributed by atoms with Crippen LogP contribution in [0.5, 0.6) is 0 Å². The Morgan fingerprint density at radius 3 is 1.94 bits per heavy atom. The second-order valence-corrected chi connectivity index (χ2v) is 11.6. The number of hydrogen-bond donors (Lipinski definition) is 2. The number of benzene rings is 1. The summed E-state index contributed by atoms with van der Waals surface area (Å²) >= 11 is 0. The van der Waals surface area contributed by atoms with Crippen LogP contribution in [0.4, 0.5) is 0 Å². The number of esters is 1. The molecule has 0 aliphatic carbocycles. The quantitative estimate of drug-likeness (QED) is 0.0930. The largest absolute Gasteiger partial charge is 0.470 e. The van der Waals surface area contributed by atoms with Crippen molar-refractivity contribution in [1.29, 1.82) is 0 Å². The molecule has 0 fully saturated rings. The van der Waals surface area contributed by atoms with Crippen LogP contribution in [0.15, 0.2) is 30.8 Å². The fourth-order valence-electron chi connectivity index (χ4n) is 4.02. The molecule has 200 valence electrons. The SMILES string of the molecule is C=Cc1ccc(COC(=O)CCCCCCCCCCCCC(C[N+](C)(C)C)OP(=O)(O)O)cc1. The van der Waals surface area contributed by atoms with Gasteiger partial charge in [-0.15, -0.1) is 0 Å². The fraction of sp³-hybridized carbons (Fsp3) is 0.667. The molecule has 1 atom stereocenters. The van der Waals surface area contributed by atoms with Crippen molar-refractivity contribution < 1.29 is 32.9 Å². The van der Waals surface area contributed by atoms with E-state index in [0.29, 0.717) is 30.5 Å². The molecule has 8 heteroatoms. The number of phosphoric ester groups is 1. The summed E-state index contributed by atoms with van der Waals surface area (Å²) < 4.78 is 22.1. The van der Waals surface area contributed by atoms with Gasteiger partial charge in [-0.3, -0.25) is 9.32 Å². The van der Waals surface area contributed by atoms with E-state index >= 15 is 0 Å². The van der Waals surface area contributed by atoms with Crippen LogP contribution in [-0.4, -0.2) is 54.0 Å². The second-order valence-electron chi connectivity index (χ2n) is 10.4. The number of quaternary nitrogens is 1. The highest BCUT2D eigenvalue weighted by molar-refractivity contribution is 7.46. The van der Waals surface area contributed by atoms with E-state index in [2.05, 4.69) is 6.58 Å². The fourth-order valence-corrected chi connectivity index (χ4v) is 4.58. The molecular weight excluding hydrogens is 465 g/mol. The number of rotatable bonds is 20. The first-order valence-corrected chi connectivity index (χ1v) is 14.4. The van der Waals surface area contributed by atoms with Crippen LogP contribution in [0.25, 0.3) is 6.08 Å². The third-order valence-corrected chi connectivity index (χ3v) is 6.38. The average molecular weight is 513 g/mol. The van der Waals surface area contributed by atoms with Crippen molar-refractivity contribution in [3.63, 3.8) is 0 Å². The molecule has 35 heavy (non-hydrogen) atoms. The number of hydrogen-bond acceptors (Lipinski definition) is 4. The van der Waals surface area contributed by atoms with Crippen molar-refractivity contribution in [3.05, 3.63) is 42.0 Å². The average Bonchev–Trinajstić information content (AvgIpc) is 2.76. The molecule has 0 spiro atoms. The zero-order valence-corrected chi connectivity index (χ0v) is 22.9. The molecule has 1 rings (SSSR count). The van der Waals surface area contributed by atoms with Gasteiger partial charge in [0.2, 0.25) is 0 Å². The maximum Gasteiger partial charge on any atom is 0.470 e. The first-order valence-electron chi connectivity index (χ1n) is 12.9. The summed E-state index contributed by atoms with van der Waals surface area (Å²) in [6.45, 7) is 4.63. The molecule has 0 radical (unpaired) electrons. The summed E-state index contributed by atoms with van der Waals surface area (Å²) in [7, 11) is 1.52. The van der Waals surface area contributed by atoms with E-state index in [1.165, 1.54) is 25.7 Å². The van der Waals surface area contributed by atoms with Crippen LogP contribution < -0.4 is 0 Å². The van der Waals surface area contributed by atoms with E-state index < -0.39 is 13.9 Å². The van der Waals surface area contributed by atoms with Crippen molar-refractivity contribution in [2.45, 2.75) is 89.8 Å². The molecule has 0 aromatic heterocycles. The number of ether oxygens (including phenoxy) is 1. The maximum atomic E-state index is 11.9. The van der Waals surface area contributed by atoms with E-state index in [1.54, 1.807) is 6.08 Å². The lowest BCUT2D eigenvalue weighted by Gasteiger charge is -2.29. The first-order chi connectivity index (χ1) is 16.5. The summed E-state index contributed by atoms with van der Waals surface area (Å²) in [6.07, 6.45) is 13.5. The molecule has 0 saturated heterocycles. The van der Waals surface area contributed by atoms with Gasteiger partial charge in [0.25, 0.3) is 0 Å². The molecule has 0 amide bonds. The van der Waals surface area contributed by atoms with Crippen LogP contribution in [0.3, 0.4) is 0 Å². The molecule has 0 bridgehead atoms. The Bertz CT molecular complexity index is 769. The van der Waals surface area contributed by atoms with Gasteiger partial charge in [-0.25, -0.2) is 4.57 Å². The lowest BCUT2D eigenvalue weighted by atomic mass is 10.0. The highest BCUT2D eigenvalue weighted by Crippen LogP contribution is 2.39. The Balaban J connectivity index is 1.98. The van der Waals surface area contributed by atoms with Gasteiger partial charge in [0, 0.05) is 6.42 Å². The van der Waals surface area contributed by atoms with Gasteiger partial charge in [0.05, 0.1) is 21.1 Å². The molecule has 1 aromatic carbocycles. The summed E-state index contributed by atoms with van der Waals surface area (Å²) in [5, 5.41) is 0. The Morgan fingerprint density at radius 2 is 1.46 bits per heavy atom. The Labute approximate surface area is 212 Å². The third-order valence-electron chi connectivity index (χ3n) is 5.81. The molecule has 7 nitrogen and oxygen atoms in total. The summed E-state index contributed by atoms with van der Waals surface area (Å²) in [6, 6.07) is 7.83. The summed E-state index contributed by atoms with van der Waals surface area (Å²) in [4.78, 5) is 30.1. The van der Waals surface area contributed by atoms with Crippen LogP contribution in [0, 0.1) is 0 Å². The maximum absolute atomic E-state index is 11.9. The number of likely N-dealkylation sites (N-methyl/N-ethyl adjacent to an activating group) is 1. The molecule has 0 aliphatic heterocycles. The van der Waals surface area contributed by atoms with Crippen LogP contribution >= 0.6 is 7.82 Å². The zero-order valence-electron chi connectivity index (χ0n) is 22.0. The molecule has 2 N–H and O–H groups in total. The monoisotopic (exact) mass is 512 g/mol. The number of carbonyl (C=O) groups is 1. The van der Waals surface area contributed by atoms with Crippen molar-refractivity contribution >= 4 is 19.9 Å². The molecule has 1 unspecified atom stereocenters. The predicted molar refractivity (Wildman–Crippen MR) is 142 cm³/mol. The number of unbranched alkanes of at least 4 members (excludes halogenated alkanes) is 9. The van der Waals surface area contributed by atoms with Gasteiger partial charge in [0.1, 0.15) is 19.3 Å². The van der Waals surface area contributed by atoms with Gasteiger partial charge in [0.15, 0.2) is 0 Å². The highest BCUT2D eigenvalue weighted by atomic mass is 31.2. The van der Waals surface area contributed by atoms with Gasteiger partial charge < -0.3 is 19.0 Å². The minimum Gasteiger partial charge on any atom is -0.461 e. The van der Waals surface area contributed by atoms with Gasteiger partial charge in [-0.05, 0) is 24.0 Å². The lowest BCUT2D eigenvalue weighted by Crippen LogP contribution is -2.42. The predicted octanol–water partition coefficient (Wildman–Crippen LogP) is 6.24. The van der Waals surface area contributed by atoms with Crippen LogP contribution in [0.1, 0.15) is 88.2 Å². The smallest absolute Gasteiger partial charge is 0.461 e. The molecule has 0 aliphatic rings. The van der Waals surface area contributed by atoms with Crippen molar-refractivity contribution in [1.82, 2.24) is 0 Å². The Morgan fingerprint density at radius 1 is 0.943 bits per heavy atom. The van der Waals surface area contributed by atoms with Crippen molar-refractivity contribution in [2.24, 2.45) is 0 Å². The minimum absolute atomic E-state index is 0.132. The molecule has 1 aromatic rings. The lowest BCUT2D eigenvalue weighted by molar-refractivity contribution is -0.873.